The van der Waals surface area contributed by atoms with Gasteiger partial charge in [0.15, 0.2) is 0 Å². The first-order valence-electron chi connectivity index (χ1n) is 4.03. The number of carboxylic acid groups (broad SMARTS) is 1. The lowest BCUT2D eigenvalue weighted by Gasteiger charge is -2.00. The van der Waals surface area contributed by atoms with Crippen LogP contribution in [0.3, 0.4) is 0 Å². The monoisotopic (exact) mass is 292 g/mol. The van der Waals surface area contributed by atoms with Crippen LogP contribution in [0.1, 0.15) is 12.0 Å². The Kier molecular flexibility index (Phi) is 4.29. The van der Waals surface area contributed by atoms with E-state index in [2.05, 4.69) is 15.9 Å². The fourth-order valence-corrected chi connectivity index (χ4v) is 1.72. The average molecular weight is 294 g/mol. The van der Waals surface area contributed by atoms with Crippen molar-refractivity contribution < 1.29 is 14.3 Å². The number of hydrogen-bond donors (Lipinski definition) is 1. The molecule has 0 fully saturated rings. The van der Waals surface area contributed by atoms with E-state index in [0.29, 0.717) is 10.0 Å². The van der Waals surface area contributed by atoms with Crippen LogP contribution >= 0.6 is 27.5 Å². The molecule has 0 saturated carbocycles. The zero-order chi connectivity index (χ0) is 11.4. The zero-order valence-electron chi connectivity index (χ0n) is 7.51. The fraction of sp³-hybridized carbons (Fsp3) is 0.100. The third-order valence-electron chi connectivity index (χ3n) is 1.63. The molecule has 0 radical (unpaired) electrons. The molecule has 0 aliphatic rings. The molecule has 0 atom stereocenters. The highest BCUT2D eigenvalue weighted by atomic mass is 79.9. The van der Waals surface area contributed by atoms with Gasteiger partial charge in [-0.05, 0) is 17.7 Å². The van der Waals surface area contributed by atoms with Gasteiger partial charge < -0.3 is 5.11 Å². The maximum absolute atomic E-state index is 13.0. The van der Waals surface area contributed by atoms with Gasteiger partial charge in [-0.3, -0.25) is 4.79 Å². The van der Waals surface area contributed by atoms with Gasteiger partial charge in [0.1, 0.15) is 5.82 Å². The smallest absolute Gasteiger partial charge is 0.307 e. The van der Waals surface area contributed by atoms with Crippen LogP contribution in [0, 0.1) is 5.82 Å². The molecular formula is C10H7BrClFO2. The highest BCUT2D eigenvalue weighted by Gasteiger charge is 2.04. The van der Waals surface area contributed by atoms with Crippen LogP contribution in [0.2, 0.25) is 5.02 Å². The Bertz CT molecular complexity index is 418. The van der Waals surface area contributed by atoms with Crippen molar-refractivity contribution in [1.82, 2.24) is 0 Å². The Balaban J connectivity index is 2.90. The topological polar surface area (TPSA) is 37.3 Å². The van der Waals surface area contributed by atoms with Gasteiger partial charge in [-0.25, -0.2) is 4.39 Å². The first-order valence-corrected chi connectivity index (χ1v) is 5.20. The second-order valence-corrected chi connectivity index (χ2v) is 4.05. The Labute approximate surface area is 99.5 Å². The van der Waals surface area contributed by atoms with Gasteiger partial charge in [0, 0.05) is 4.47 Å². The summed E-state index contributed by atoms with van der Waals surface area (Å²) in [7, 11) is 0. The molecule has 2 nitrogen and oxygen atoms in total. The molecule has 0 aliphatic carbocycles. The number of carbonyl (C=O) groups is 1. The van der Waals surface area contributed by atoms with E-state index in [1.54, 1.807) is 0 Å². The summed E-state index contributed by atoms with van der Waals surface area (Å²) in [4.78, 5) is 10.2. The number of rotatable bonds is 3. The quantitative estimate of drug-likeness (QED) is 0.862. The summed E-state index contributed by atoms with van der Waals surface area (Å²) in [5, 5.41) is 8.43. The Morgan fingerprint density at radius 2 is 2.27 bits per heavy atom. The number of carboxylic acids is 1. The van der Waals surface area contributed by atoms with Gasteiger partial charge in [-0.15, -0.1) is 0 Å². The summed E-state index contributed by atoms with van der Waals surface area (Å²) in [5.74, 6) is -1.47. The van der Waals surface area contributed by atoms with E-state index < -0.39 is 11.8 Å². The minimum absolute atomic E-state index is 0.0252. The lowest BCUT2D eigenvalue weighted by Crippen LogP contribution is -1.90. The molecule has 1 rings (SSSR count). The Morgan fingerprint density at radius 1 is 1.60 bits per heavy atom. The molecule has 0 unspecified atom stereocenters. The lowest BCUT2D eigenvalue weighted by atomic mass is 10.2. The summed E-state index contributed by atoms with van der Waals surface area (Å²) in [5.41, 5.74) is 0.554. The average Bonchev–Trinajstić information content (AvgIpc) is 2.13. The molecule has 1 aromatic carbocycles. The van der Waals surface area contributed by atoms with Crippen LogP contribution in [0.15, 0.2) is 22.7 Å². The summed E-state index contributed by atoms with van der Waals surface area (Å²) in [6.45, 7) is 0. The van der Waals surface area contributed by atoms with Crippen LogP contribution in [0.4, 0.5) is 4.39 Å². The first-order chi connectivity index (χ1) is 7.00. The molecule has 0 amide bonds. The van der Waals surface area contributed by atoms with Gasteiger partial charge in [-0.1, -0.05) is 39.7 Å². The minimum Gasteiger partial charge on any atom is -0.481 e. The highest BCUT2D eigenvalue weighted by Crippen LogP contribution is 2.25. The summed E-state index contributed by atoms with van der Waals surface area (Å²) in [6.07, 6.45) is 2.87. The SMILES string of the molecule is O=C(O)CC=Cc1cc(F)c(Cl)cc1Br. The molecule has 0 saturated heterocycles. The number of halogens is 3. The minimum atomic E-state index is -0.934. The third-order valence-corrected chi connectivity index (χ3v) is 2.61. The van der Waals surface area contributed by atoms with E-state index in [4.69, 9.17) is 16.7 Å². The van der Waals surface area contributed by atoms with Crippen LogP contribution in [0.5, 0.6) is 0 Å². The van der Waals surface area contributed by atoms with Gasteiger partial charge in [0.2, 0.25) is 0 Å². The maximum atomic E-state index is 13.0. The predicted molar refractivity (Wildman–Crippen MR) is 60.4 cm³/mol. The van der Waals surface area contributed by atoms with E-state index in [1.165, 1.54) is 24.3 Å². The van der Waals surface area contributed by atoms with Gasteiger partial charge >= 0.3 is 5.97 Å². The van der Waals surface area contributed by atoms with Crippen molar-refractivity contribution in [3.05, 3.63) is 39.1 Å². The standard InChI is InChI=1S/C10H7BrClFO2/c11-7-5-8(12)9(13)4-6(7)2-1-3-10(14)15/h1-2,4-5H,3H2,(H,14,15). The summed E-state index contributed by atoms with van der Waals surface area (Å²) in [6, 6.07) is 2.67. The van der Waals surface area contributed by atoms with Crippen LogP contribution in [-0.2, 0) is 4.79 Å². The zero-order valence-corrected chi connectivity index (χ0v) is 9.85. The van der Waals surface area contributed by atoms with Crippen LogP contribution < -0.4 is 0 Å². The lowest BCUT2D eigenvalue weighted by molar-refractivity contribution is -0.135. The first kappa shape index (κ1) is 12.2. The second kappa shape index (κ2) is 5.28. The van der Waals surface area contributed by atoms with E-state index in [0.717, 1.165) is 0 Å². The van der Waals surface area contributed by atoms with Crippen molar-refractivity contribution in [3.63, 3.8) is 0 Å². The van der Waals surface area contributed by atoms with Crippen molar-refractivity contribution in [2.75, 3.05) is 0 Å². The molecule has 0 aromatic heterocycles. The van der Waals surface area contributed by atoms with Crippen molar-refractivity contribution in [3.8, 4) is 0 Å². The molecular weight excluding hydrogens is 286 g/mol. The Morgan fingerprint density at radius 3 is 2.87 bits per heavy atom. The number of aliphatic carboxylic acids is 1. The molecule has 15 heavy (non-hydrogen) atoms. The fourth-order valence-electron chi connectivity index (χ4n) is 0.952. The molecule has 1 N–H and O–H groups in total. The molecule has 0 aliphatic heterocycles. The second-order valence-electron chi connectivity index (χ2n) is 2.79. The molecule has 0 bridgehead atoms. The van der Waals surface area contributed by atoms with Gasteiger partial charge in [0.25, 0.3) is 0 Å². The predicted octanol–water partition coefficient (Wildman–Crippen LogP) is 3.73. The van der Waals surface area contributed by atoms with E-state index >= 15 is 0 Å². The molecule has 1 aromatic rings. The molecule has 80 valence electrons. The normalized spacial score (nSPS) is 10.9. The molecule has 5 heteroatoms. The van der Waals surface area contributed by atoms with Gasteiger partial charge in [-0.2, -0.15) is 0 Å². The van der Waals surface area contributed by atoms with E-state index in [1.807, 2.05) is 0 Å². The van der Waals surface area contributed by atoms with Crippen LogP contribution in [0.25, 0.3) is 6.08 Å². The largest absolute Gasteiger partial charge is 0.481 e. The van der Waals surface area contributed by atoms with Crippen molar-refractivity contribution in [1.29, 1.82) is 0 Å². The maximum Gasteiger partial charge on any atom is 0.307 e. The van der Waals surface area contributed by atoms with Crippen LogP contribution in [-0.4, -0.2) is 11.1 Å². The van der Waals surface area contributed by atoms with Gasteiger partial charge in [0.05, 0.1) is 11.4 Å². The van der Waals surface area contributed by atoms with E-state index in [9.17, 15) is 9.18 Å². The number of hydrogen-bond acceptors (Lipinski definition) is 1. The molecule has 0 spiro atoms. The van der Waals surface area contributed by atoms with E-state index in [-0.39, 0.29) is 11.4 Å². The van der Waals surface area contributed by atoms with Crippen molar-refractivity contribution in [2.24, 2.45) is 0 Å². The summed E-state index contributed by atoms with van der Waals surface area (Å²) < 4.78 is 13.7. The summed E-state index contributed by atoms with van der Waals surface area (Å²) >= 11 is 8.75. The number of benzene rings is 1. The molecule has 0 heterocycles. The van der Waals surface area contributed by atoms with Crippen molar-refractivity contribution >= 4 is 39.6 Å². The Hall–Kier alpha value is -0.870. The highest BCUT2D eigenvalue weighted by molar-refractivity contribution is 9.10. The van der Waals surface area contributed by atoms with Crippen molar-refractivity contribution in [2.45, 2.75) is 6.42 Å². The third kappa shape index (κ3) is 3.64.